The maximum absolute atomic E-state index is 12.6. The van der Waals surface area contributed by atoms with Gasteiger partial charge in [0.2, 0.25) is 5.91 Å². The SMILES string of the molecule is CCN(CC)CCOc1cc(NC(=O)Cc2c[nH]c3ccccc23)ccc1OC. The molecule has 0 bridgehead atoms. The van der Waals surface area contributed by atoms with Crippen LogP contribution in [0.1, 0.15) is 19.4 Å². The molecule has 0 atom stereocenters. The second-order valence-corrected chi connectivity index (χ2v) is 6.83. The van der Waals surface area contributed by atoms with E-state index in [1.54, 1.807) is 7.11 Å². The molecule has 0 spiro atoms. The summed E-state index contributed by atoms with van der Waals surface area (Å²) >= 11 is 0. The van der Waals surface area contributed by atoms with E-state index in [1.165, 1.54) is 0 Å². The Hall–Kier alpha value is -2.99. The highest BCUT2D eigenvalue weighted by Crippen LogP contribution is 2.30. The number of methoxy groups -OCH3 is 1. The van der Waals surface area contributed by atoms with Crippen molar-refractivity contribution in [2.24, 2.45) is 0 Å². The predicted molar refractivity (Wildman–Crippen MR) is 117 cm³/mol. The van der Waals surface area contributed by atoms with Crippen molar-refractivity contribution in [3.05, 3.63) is 54.2 Å². The van der Waals surface area contributed by atoms with Gasteiger partial charge in [0.15, 0.2) is 11.5 Å². The van der Waals surface area contributed by atoms with Gasteiger partial charge in [0.1, 0.15) is 6.61 Å². The number of hydrogen-bond donors (Lipinski definition) is 2. The van der Waals surface area contributed by atoms with Crippen molar-refractivity contribution in [3.63, 3.8) is 0 Å². The first kappa shape index (κ1) is 20.7. The van der Waals surface area contributed by atoms with Crippen molar-refractivity contribution >= 4 is 22.5 Å². The van der Waals surface area contributed by atoms with Crippen LogP contribution in [-0.4, -0.2) is 49.1 Å². The van der Waals surface area contributed by atoms with Gasteiger partial charge in [-0.1, -0.05) is 32.0 Å². The van der Waals surface area contributed by atoms with Crippen LogP contribution in [0.5, 0.6) is 11.5 Å². The van der Waals surface area contributed by atoms with Gasteiger partial charge < -0.3 is 24.7 Å². The van der Waals surface area contributed by atoms with Gasteiger partial charge in [-0.2, -0.15) is 0 Å². The van der Waals surface area contributed by atoms with Crippen molar-refractivity contribution in [2.45, 2.75) is 20.3 Å². The third-order valence-electron chi connectivity index (χ3n) is 5.03. The number of ether oxygens (including phenoxy) is 2. The molecule has 0 aliphatic rings. The zero-order valence-corrected chi connectivity index (χ0v) is 17.3. The van der Waals surface area contributed by atoms with E-state index in [0.717, 1.165) is 36.1 Å². The van der Waals surface area contributed by atoms with Crippen LogP contribution >= 0.6 is 0 Å². The van der Waals surface area contributed by atoms with Crippen LogP contribution in [0, 0.1) is 0 Å². The first-order valence-corrected chi connectivity index (χ1v) is 10.0. The van der Waals surface area contributed by atoms with Gasteiger partial charge in [0, 0.05) is 35.4 Å². The van der Waals surface area contributed by atoms with Gasteiger partial charge in [0.05, 0.1) is 13.5 Å². The van der Waals surface area contributed by atoms with E-state index >= 15 is 0 Å². The first-order valence-electron chi connectivity index (χ1n) is 10.0. The summed E-state index contributed by atoms with van der Waals surface area (Å²) in [4.78, 5) is 18.1. The summed E-state index contributed by atoms with van der Waals surface area (Å²) in [6.07, 6.45) is 2.19. The summed E-state index contributed by atoms with van der Waals surface area (Å²) in [6.45, 7) is 7.64. The summed E-state index contributed by atoms with van der Waals surface area (Å²) in [7, 11) is 1.61. The number of nitrogens with zero attached hydrogens (tertiary/aromatic N) is 1. The van der Waals surface area contributed by atoms with E-state index < -0.39 is 0 Å². The van der Waals surface area contributed by atoms with Crippen LogP contribution in [-0.2, 0) is 11.2 Å². The highest BCUT2D eigenvalue weighted by atomic mass is 16.5. The minimum atomic E-state index is -0.0750. The highest BCUT2D eigenvalue weighted by molar-refractivity contribution is 5.96. The van der Waals surface area contributed by atoms with Gasteiger partial charge in [0.25, 0.3) is 0 Å². The van der Waals surface area contributed by atoms with E-state index in [0.29, 0.717) is 30.2 Å². The number of para-hydroxylation sites is 1. The molecule has 2 aromatic carbocycles. The lowest BCUT2D eigenvalue weighted by molar-refractivity contribution is -0.115. The largest absolute Gasteiger partial charge is 0.493 e. The summed E-state index contributed by atoms with van der Waals surface area (Å²) in [6, 6.07) is 13.4. The summed E-state index contributed by atoms with van der Waals surface area (Å²) < 4.78 is 11.3. The Morgan fingerprint density at radius 2 is 1.90 bits per heavy atom. The minimum absolute atomic E-state index is 0.0750. The molecule has 0 aliphatic carbocycles. The van der Waals surface area contributed by atoms with E-state index in [2.05, 4.69) is 29.0 Å². The van der Waals surface area contributed by atoms with Crippen molar-refractivity contribution < 1.29 is 14.3 Å². The summed E-state index contributed by atoms with van der Waals surface area (Å²) in [5.41, 5.74) is 2.69. The number of carbonyl (C=O) groups excluding carboxylic acids is 1. The molecule has 0 aliphatic heterocycles. The molecule has 1 aromatic heterocycles. The fraction of sp³-hybridized carbons (Fsp3) is 0.348. The number of fused-ring (bicyclic) bond motifs is 1. The quantitative estimate of drug-likeness (QED) is 0.543. The zero-order valence-electron chi connectivity index (χ0n) is 17.3. The number of H-pyrrole nitrogens is 1. The van der Waals surface area contributed by atoms with Gasteiger partial charge in [-0.15, -0.1) is 0 Å². The Kier molecular flexibility index (Phi) is 7.14. The maximum atomic E-state index is 12.6. The van der Waals surface area contributed by atoms with E-state index in [9.17, 15) is 4.79 Å². The topological polar surface area (TPSA) is 66.6 Å². The molecule has 154 valence electrons. The molecule has 2 N–H and O–H groups in total. The molecule has 0 unspecified atom stereocenters. The molecule has 6 nitrogen and oxygen atoms in total. The number of rotatable bonds is 10. The average Bonchev–Trinajstić information content (AvgIpc) is 3.14. The maximum Gasteiger partial charge on any atom is 0.228 e. The lowest BCUT2D eigenvalue weighted by Gasteiger charge is -2.19. The van der Waals surface area contributed by atoms with Gasteiger partial charge in [-0.3, -0.25) is 4.79 Å². The molecule has 0 fully saturated rings. The summed E-state index contributed by atoms with van der Waals surface area (Å²) in [5.74, 6) is 1.21. The van der Waals surface area contributed by atoms with Crippen LogP contribution in [0.4, 0.5) is 5.69 Å². The molecule has 1 amide bonds. The van der Waals surface area contributed by atoms with Crippen LogP contribution in [0.2, 0.25) is 0 Å². The van der Waals surface area contributed by atoms with Crippen molar-refractivity contribution in [3.8, 4) is 11.5 Å². The second-order valence-electron chi connectivity index (χ2n) is 6.83. The van der Waals surface area contributed by atoms with Crippen LogP contribution < -0.4 is 14.8 Å². The van der Waals surface area contributed by atoms with Gasteiger partial charge >= 0.3 is 0 Å². The first-order chi connectivity index (χ1) is 14.1. The smallest absolute Gasteiger partial charge is 0.228 e. The predicted octanol–water partition coefficient (Wildman–Crippen LogP) is 4.08. The molecule has 1 heterocycles. The van der Waals surface area contributed by atoms with Crippen LogP contribution in [0.3, 0.4) is 0 Å². The minimum Gasteiger partial charge on any atom is -0.493 e. The Labute approximate surface area is 171 Å². The number of hydrogen-bond acceptors (Lipinski definition) is 4. The van der Waals surface area contributed by atoms with Crippen molar-refractivity contribution in [2.75, 3.05) is 38.7 Å². The van der Waals surface area contributed by atoms with Crippen LogP contribution in [0.15, 0.2) is 48.7 Å². The van der Waals surface area contributed by atoms with Crippen molar-refractivity contribution in [1.29, 1.82) is 0 Å². The van der Waals surface area contributed by atoms with E-state index in [-0.39, 0.29) is 5.91 Å². The Morgan fingerprint density at radius 1 is 1.10 bits per heavy atom. The monoisotopic (exact) mass is 395 g/mol. The Morgan fingerprint density at radius 3 is 2.66 bits per heavy atom. The molecule has 29 heavy (non-hydrogen) atoms. The van der Waals surface area contributed by atoms with E-state index in [4.69, 9.17) is 9.47 Å². The highest BCUT2D eigenvalue weighted by Gasteiger charge is 2.11. The lowest BCUT2D eigenvalue weighted by Crippen LogP contribution is -2.28. The third-order valence-corrected chi connectivity index (χ3v) is 5.03. The lowest BCUT2D eigenvalue weighted by atomic mass is 10.1. The normalized spacial score (nSPS) is 11.0. The molecular formula is C23H29N3O3. The number of nitrogens with one attached hydrogen (secondary N) is 2. The number of likely N-dealkylation sites (N-methyl/N-ethyl adjacent to an activating group) is 1. The van der Waals surface area contributed by atoms with E-state index in [1.807, 2.05) is 48.7 Å². The number of aromatic amines is 1. The third kappa shape index (κ3) is 5.29. The Balaban J connectivity index is 1.64. The Bertz CT molecular complexity index is 947. The zero-order chi connectivity index (χ0) is 20.6. The molecule has 0 saturated carbocycles. The summed E-state index contributed by atoms with van der Waals surface area (Å²) in [5, 5.41) is 4.03. The number of amides is 1. The fourth-order valence-electron chi connectivity index (χ4n) is 3.35. The van der Waals surface area contributed by atoms with Gasteiger partial charge in [-0.25, -0.2) is 0 Å². The molecule has 0 saturated heterocycles. The molecule has 3 rings (SSSR count). The van der Waals surface area contributed by atoms with Crippen LogP contribution in [0.25, 0.3) is 10.9 Å². The number of benzene rings is 2. The van der Waals surface area contributed by atoms with Crippen molar-refractivity contribution in [1.82, 2.24) is 9.88 Å². The van der Waals surface area contributed by atoms with Gasteiger partial charge in [-0.05, 0) is 36.9 Å². The number of carbonyl (C=O) groups is 1. The average molecular weight is 396 g/mol. The molecule has 6 heteroatoms. The fourth-order valence-corrected chi connectivity index (χ4v) is 3.35. The molecule has 0 radical (unpaired) electrons. The second kappa shape index (κ2) is 9.98. The molecular weight excluding hydrogens is 366 g/mol. The number of aromatic nitrogens is 1. The molecule has 3 aromatic rings. The standard InChI is InChI=1S/C23H29N3O3/c1-4-26(5-2)12-13-29-22-15-18(10-11-21(22)28-3)25-23(27)14-17-16-24-20-9-7-6-8-19(17)20/h6-11,15-16,24H,4-5,12-14H2,1-3H3,(H,25,27). The number of anilines is 1.